The van der Waals surface area contributed by atoms with Crippen LogP contribution in [0.2, 0.25) is 0 Å². The van der Waals surface area contributed by atoms with Gasteiger partial charge in [0.15, 0.2) is 5.11 Å². The first-order valence-corrected chi connectivity index (χ1v) is 9.45. The summed E-state index contributed by atoms with van der Waals surface area (Å²) in [7, 11) is 0. The lowest BCUT2D eigenvalue weighted by Gasteiger charge is -2.36. The summed E-state index contributed by atoms with van der Waals surface area (Å²) in [6, 6.07) is 19.1. The molecule has 1 aliphatic rings. The largest absolute Gasteiger partial charge is 0.346 e. The Kier molecular flexibility index (Phi) is 6.05. The van der Waals surface area contributed by atoms with Crippen molar-refractivity contribution in [2.75, 3.05) is 31.5 Å². The van der Waals surface area contributed by atoms with E-state index in [1.807, 2.05) is 0 Å². The highest BCUT2D eigenvalue weighted by Gasteiger charge is 2.19. The highest BCUT2D eigenvalue weighted by atomic mass is 32.1. The molecule has 0 unspecified atom stereocenters. The molecule has 0 spiro atoms. The van der Waals surface area contributed by atoms with Crippen molar-refractivity contribution in [3.63, 3.8) is 0 Å². The fourth-order valence-electron chi connectivity index (χ4n) is 3.26. The fourth-order valence-corrected chi connectivity index (χ4v) is 3.55. The van der Waals surface area contributed by atoms with Crippen molar-refractivity contribution in [1.82, 2.24) is 9.80 Å². The van der Waals surface area contributed by atoms with Crippen LogP contribution in [0.3, 0.4) is 0 Å². The van der Waals surface area contributed by atoms with Gasteiger partial charge in [-0.1, -0.05) is 62.4 Å². The summed E-state index contributed by atoms with van der Waals surface area (Å²) in [6.45, 7) is 9.49. The molecule has 0 atom stereocenters. The molecule has 2 aromatic carbocycles. The van der Waals surface area contributed by atoms with Crippen molar-refractivity contribution >= 4 is 23.0 Å². The fraction of sp³-hybridized carbons (Fsp3) is 0.381. The summed E-state index contributed by atoms with van der Waals surface area (Å²) in [5.74, 6) is 0.481. The Morgan fingerprint density at radius 1 is 0.960 bits per heavy atom. The number of thiocarbonyl (C=S) groups is 1. The molecule has 0 saturated carbocycles. The molecule has 1 fully saturated rings. The topological polar surface area (TPSA) is 18.5 Å². The summed E-state index contributed by atoms with van der Waals surface area (Å²) >= 11 is 5.67. The lowest BCUT2D eigenvalue weighted by Crippen LogP contribution is -2.49. The predicted molar refractivity (Wildman–Crippen MR) is 110 cm³/mol. The van der Waals surface area contributed by atoms with Gasteiger partial charge >= 0.3 is 0 Å². The van der Waals surface area contributed by atoms with Crippen LogP contribution in [0.15, 0.2) is 54.6 Å². The Bertz CT molecular complexity index is 691. The molecular weight excluding hydrogens is 326 g/mol. The average Bonchev–Trinajstić information content (AvgIpc) is 2.63. The standard InChI is InChI=1S/C21H27N3S/c1-17(2)19-10-6-7-11-20(19)22-21(25)24-14-12-23(13-15-24)16-18-8-4-3-5-9-18/h3-11,17H,12-16H2,1-2H3,(H,22,25). The van der Waals surface area contributed by atoms with E-state index in [1.165, 1.54) is 11.1 Å². The summed E-state index contributed by atoms with van der Waals surface area (Å²) in [5.41, 5.74) is 3.82. The van der Waals surface area contributed by atoms with Gasteiger partial charge in [-0.05, 0) is 35.3 Å². The minimum absolute atomic E-state index is 0.481. The van der Waals surface area contributed by atoms with E-state index in [0.717, 1.165) is 43.5 Å². The molecule has 3 nitrogen and oxygen atoms in total. The molecule has 4 heteroatoms. The number of rotatable bonds is 4. The second kappa shape index (κ2) is 8.45. The lowest BCUT2D eigenvalue weighted by molar-refractivity contribution is 0.177. The smallest absolute Gasteiger partial charge is 0.173 e. The SMILES string of the molecule is CC(C)c1ccccc1NC(=S)N1CCN(Cc2ccccc2)CC1. The quantitative estimate of drug-likeness (QED) is 0.825. The molecular formula is C21H27N3S. The highest BCUT2D eigenvalue weighted by Crippen LogP contribution is 2.24. The van der Waals surface area contributed by atoms with E-state index in [1.54, 1.807) is 0 Å². The number of nitrogens with one attached hydrogen (secondary N) is 1. The second-order valence-electron chi connectivity index (χ2n) is 6.92. The number of nitrogens with zero attached hydrogens (tertiary/aromatic N) is 2. The summed E-state index contributed by atoms with van der Waals surface area (Å²) in [5, 5.41) is 4.31. The van der Waals surface area contributed by atoms with E-state index in [-0.39, 0.29) is 0 Å². The van der Waals surface area contributed by atoms with Crippen molar-refractivity contribution in [1.29, 1.82) is 0 Å². The van der Waals surface area contributed by atoms with Gasteiger partial charge in [0.1, 0.15) is 0 Å². The Morgan fingerprint density at radius 2 is 1.60 bits per heavy atom. The zero-order chi connectivity index (χ0) is 17.6. The van der Waals surface area contributed by atoms with Crippen LogP contribution in [0.25, 0.3) is 0 Å². The first kappa shape index (κ1) is 17.9. The van der Waals surface area contributed by atoms with Crippen LogP contribution in [0.5, 0.6) is 0 Å². The van der Waals surface area contributed by atoms with Crippen molar-refractivity contribution in [2.24, 2.45) is 0 Å². The molecule has 2 aromatic rings. The maximum Gasteiger partial charge on any atom is 0.173 e. The van der Waals surface area contributed by atoms with E-state index in [2.05, 4.69) is 83.6 Å². The van der Waals surface area contributed by atoms with Crippen molar-refractivity contribution in [3.8, 4) is 0 Å². The summed E-state index contributed by atoms with van der Waals surface area (Å²) < 4.78 is 0. The predicted octanol–water partition coefficient (Wildman–Crippen LogP) is 4.32. The number of anilines is 1. The zero-order valence-corrected chi connectivity index (χ0v) is 15.9. The Labute approximate surface area is 156 Å². The van der Waals surface area contributed by atoms with Gasteiger partial charge in [0.2, 0.25) is 0 Å². The van der Waals surface area contributed by atoms with Gasteiger partial charge in [0.25, 0.3) is 0 Å². The van der Waals surface area contributed by atoms with Crippen molar-refractivity contribution < 1.29 is 0 Å². The van der Waals surface area contributed by atoms with Crippen LogP contribution in [0.4, 0.5) is 5.69 Å². The van der Waals surface area contributed by atoms with E-state index in [0.29, 0.717) is 5.92 Å². The molecule has 1 saturated heterocycles. The van der Waals surface area contributed by atoms with Gasteiger partial charge in [-0.15, -0.1) is 0 Å². The van der Waals surface area contributed by atoms with Crippen LogP contribution in [-0.4, -0.2) is 41.1 Å². The summed E-state index contributed by atoms with van der Waals surface area (Å²) in [4.78, 5) is 4.78. The van der Waals surface area contributed by atoms with Crippen LogP contribution in [0, 0.1) is 0 Å². The van der Waals surface area contributed by atoms with Crippen LogP contribution in [-0.2, 0) is 6.54 Å². The number of piperazine rings is 1. The Balaban J connectivity index is 1.54. The Hall–Kier alpha value is -1.91. The molecule has 1 N–H and O–H groups in total. The van der Waals surface area contributed by atoms with Crippen LogP contribution < -0.4 is 5.32 Å². The second-order valence-corrected chi connectivity index (χ2v) is 7.31. The van der Waals surface area contributed by atoms with E-state index < -0.39 is 0 Å². The Morgan fingerprint density at radius 3 is 2.28 bits per heavy atom. The third-order valence-corrected chi connectivity index (χ3v) is 5.09. The van der Waals surface area contributed by atoms with E-state index in [4.69, 9.17) is 12.2 Å². The highest BCUT2D eigenvalue weighted by molar-refractivity contribution is 7.80. The van der Waals surface area contributed by atoms with E-state index in [9.17, 15) is 0 Å². The van der Waals surface area contributed by atoms with E-state index >= 15 is 0 Å². The molecule has 0 amide bonds. The third kappa shape index (κ3) is 4.80. The maximum absolute atomic E-state index is 5.67. The minimum atomic E-state index is 0.481. The first-order chi connectivity index (χ1) is 12.1. The normalized spacial score (nSPS) is 15.4. The van der Waals surface area contributed by atoms with Gasteiger partial charge in [-0.3, -0.25) is 4.90 Å². The van der Waals surface area contributed by atoms with Crippen LogP contribution >= 0.6 is 12.2 Å². The monoisotopic (exact) mass is 353 g/mol. The van der Waals surface area contributed by atoms with Gasteiger partial charge < -0.3 is 10.2 Å². The summed E-state index contributed by atoms with van der Waals surface area (Å²) in [6.07, 6.45) is 0. The average molecular weight is 354 g/mol. The first-order valence-electron chi connectivity index (χ1n) is 9.04. The molecule has 0 aliphatic carbocycles. The molecule has 0 radical (unpaired) electrons. The van der Waals surface area contributed by atoms with Crippen LogP contribution in [0.1, 0.15) is 30.9 Å². The van der Waals surface area contributed by atoms with Gasteiger partial charge in [0, 0.05) is 38.4 Å². The molecule has 132 valence electrons. The minimum Gasteiger partial charge on any atom is -0.346 e. The van der Waals surface area contributed by atoms with Crippen molar-refractivity contribution in [2.45, 2.75) is 26.3 Å². The molecule has 1 aliphatic heterocycles. The molecule has 0 bridgehead atoms. The molecule has 25 heavy (non-hydrogen) atoms. The van der Waals surface area contributed by atoms with Gasteiger partial charge in [-0.25, -0.2) is 0 Å². The van der Waals surface area contributed by atoms with Gasteiger partial charge in [-0.2, -0.15) is 0 Å². The number of benzene rings is 2. The molecule has 3 rings (SSSR count). The molecule has 0 aromatic heterocycles. The number of hydrogen-bond acceptors (Lipinski definition) is 2. The van der Waals surface area contributed by atoms with Gasteiger partial charge in [0.05, 0.1) is 0 Å². The lowest BCUT2D eigenvalue weighted by atomic mass is 10.0. The van der Waals surface area contributed by atoms with Crippen molar-refractivity contribution in [3.05, 3.63) is 65.7 Å². The number of hydrogen-bond donors (Lipinski definition) is 1. The zero-order valence-electron chi connectivity index (χ0n) is 15.1. The maximum atomic E-state index is 5.67. The molecule has 1 heterocycles. The number of para-hydroxylation sites is 1. The third-order valence-electron chi connectivity index (χ3n) is 4.73.